The standard InChI is InChI=1S/C25H28N2O6/c1-3-4-17-5-7-20(22(13-17)30-2)31-15-24(28)27-11-9-18(10-12-27)25(29)26-19-6-8-21-23(14-19)33-16-32-21/h3,5-8,13-14,18H,1,4,9-12,15-16H2,2H3,(H,26,29). The molecule has 2 amide bonds. The number of nitrogens with one attached hydrogen (secondary N) is 1. The van der Waals surface area contributed by atoms with Crippen LogP contribution in [0.1, 0.15) is 18.4 Å². The van der Waals surface area contributed by atoms with E-state index in [1.165, 1.54) is 0 Å². The zero-order chi connectivity index (χ0) is 23.2. The number of hydrogen-bond donors (Lipinski definition) is 1. The lowest BCUT2D eigenvalue weighted by Gasteiger charge is -2.31. The van der Waals surface area contributed by atoms with Crippen LogP contribution in [0.25, 0.3) is 0 Å². The first-order valence-electron chi connectivity index (χ1n) is 11.0. The van der Waals surface area contributed by atoms with Gasteiger partial charge in [0, 0.05) is 30.8 Å². The zero-order valence-electron chi connectivity index (χ0n) is 18.7. The van der Waals surface area contributed by atoms with Gasteiger partial charge in [0.25, 0.3) is 5.91 Å². The normalized spacial score (nSPS) is 15.1. The SMILES string of the molecule is C=CCc1ccc(OCC(=O)N2CCC(C(=O)Nc3ccc4c(c3)OCO4)CC2)c(OC)c1. The van der Waals surface area contributed by atoms with Gasteiger partial charge >= 0.3 is 0 Å². The molecular formula is C25H28N2O6. The molecule has 0 saturated carbocycles. The summed E-state index contributed by atoms with van der Waals surface area (Å²) in [5.74, 6) is 2.09. The third-order valence-corrected chi connectivity index (χ3v) is 5.82. The quantitative estimate of drug-likeness (QED) is 0.618. The molecule has 0 radical (unpaired) electrons. The summed E-state index contributed by atoms with van der Waals surface area (Å²) in [5.41, 5.74) is 1.73. The maximum absolute atomic E-state index is 12.7. The summed E-state index contributed by atoms with van der Waals surface area (Å²) in [7, 11) is 1.57. The molecule has 0 unspecified atom stereocenters. The fourth-order valence-corrected chi connectivity index (χ4v) is 3.97. The Hall–Kier alpha value is -3.68. The molecule has 33 heavy (non-hydrogen) atoms. The summed E-state index contributed by atoms with van der Waals surface area (Å²) in [4.78, 5) is 27.0. The first-order chi connectivity index (χ1) is 16.1. The highest BCUT2D eigenvalue weighted by Crippen LogP contribution is 2.34. The number of ether oxygens (including phenoxy) is 4. The summed E-state index contributed by atoms with van der Waals surface area (Å²) >= 11 is 0. The molecule has 1 fully saturated rings. The molecule has 2 aliphatic heterocycles. The van der Waals surface area contributed by atoms with Crippen molar-refractivity contribution in [2.75, 3.05) is 38.9 Å². The summed E-state index contributed by atoms with van der Waals surface area (Å²) in [6.45, 7) is 4.87. The minimum absolute atomic E-state index is 0.0541. The second kappa shape index (κ2) is 10.3. The van der Waals surface area contributed by atoms with Gasteiger partial charge in [0.1, 0.15) is 0 Å². The van der Waals surface area contributed by atoms with Crippen molar-refractivity contribution in [2.24, 2.45) is 5.92 Å². The second-order valence-electron chi connectivity index (χ2n) is 7.98. The third-order valence-electron chi connectivity index (χ3n) is 5.82. The monoisotopic (exact) mass is 452 g/mol. The van der Waals surface area contributed by atoms with E-state index in [2.05, 4.69) is 11.9 Å². The van der Waals surface area contributed by atoms with Crippen LogP contribution in [0.3, 0.4) is 0 Å². The zero-order valence-corrected chi connectivity index (χ0v) is 18.7. The molecule has 0 bridgehead atoms. The van der Waals surface area contributed by atoms with E-state index < -0.39 is 0 Å². The largest absolute Gasteiger partial charge is 0.493 e. The van der Waals surface area contributed by atoms with Gasteiger partial charge in [0.2, 0.25) is 12.7 Å². The number of rotatable bonds is 8. The number of likely N-dealkylation sites (tertiary alicyclic amines) is 1. The summed E-state index contributed by atoms with van der Waals surface area (Å²) in [5, 5.41) is 2.94. The van der Waals surface area contributed by atoms with Gasteiger partial charge in [-0.25, -0.2) is 0 Å². The molecular weight excluding hydrogens is 424 g/mol. The van der Waals surface area contributed by atoms with Crippen molar-refractivity contribution >= 4 is 17.5 Å². The third kappa shape index (κ3) is 5.39. The van der Waals surface area contributed by atoms with Crippen molar-refractivity contribution in [3.05, 3.63) is 54.6 Å². The molecule has 4 rings (SSSR count). The number of benzene rings is 2. The molecule has 2 aromatic carbocycles. The van der Waals surface area contributed by atoms with Gasteiger partial charge in [-0.15, -0.1) is 6.58 Å². The number of carbonyl (C=O) groups excluding carboxylic acids is 2. The van der Waals surface area contributed by atoms with Crippen LogP contribution in [0, 0.1) is 5.92 Å². The molecule has 0 spiro atoms. The van der Waals surface area contributed by atoms with Gasteiger partial charge < -0.3 is 29.2 Å². The maximum Gasteiger partial charge on any atom is 0.260 e. The number of allylic oxidation sites excluding steroid dienone is 1. The van der Waals surface area contributed by atoms with E-state index in [-0.39, 0.29) is 31.1 Å². The molecule has 2 aromatic rings. The van der Waals surface area contributed by atoms with Crippen molar-refractivity contribution < 1.29 is 28.5 Å². The van der Waals surface area contributed by atoms with Gasteiger partial charge in [-0.1, -0.05) is 12.1 Å². The molecule has 1 N–H and O–H groups in total. The molecule has 8 heteroatoms. The highest BCUT2D eigenvalue weighted by atomic mass is 16.7. The summed E-state index contributed by atoms with van der Waals surface area (Å²) in [6, 6.07) is 10.9. The van der Waals surface area contributed by atoms with E-state index in [1.807, 2.05) is 18.2 Å². The average Bonchev–Trinajstić information content (AvgIpc) is 3.31. The number of amides is 2. The molecule has 8 nitrogen and oxygen atoms in total. The molecule has 174 valence electrons. The number of hydrogen-bond acceptors (Lipinski definition) is 6. The van der Waals surface area contributed by atoms with Crippen molar-refractivity contribution in [3.63, 3.8) is 0 Å². The van der Waals surface area contributed by atoms with Gasteiger partial charge in [0.05, 0.1) is 7.11 Å². The fraction of sp³-hybridized carbons (Fsp3) is 0.360. The Bertz CT molecular complexity index is 1030. The Labute approximate surface area is 193 Å². The van der Waals surface area contributed by atoms with Crippen LogP contribution in [0.5, 0.6) is 23.0 Å². The highest BCUT2D eigenvalue weighted by molar-refractivity contribution is 5.93. The van der Waals surface area contributed by atoms with Crippen molar-refractivity contribution in [3.8, 4) is 23.0 Å². The number of piperidine rings is 1. The van der Waals surface area contributed by atoms with E-state index in [0.717, 1.165) is 12.0 Å². The molecule has 2 aliphatic rings. The molecule has 0 aliphatic carbocycles. The minimum atomic E-state index is -0.155. The number of anilines is 1. The van der Waals surface area contributed by atoms with Gasteiger partial charge in [-0.2, -0.15) is 0 Å². The first kappa shape index (κ1) is 22.5. The van der Waals surface area contributed by atoms with E-state index in [9.17, 15) is 9.59 Å². The number of carbonyl (C=O) groups is 2. The van der Waals surface area contributed by atoms with Crippen LogP contribution in [0.4, 0.5) is 5.69 Å². The lowest BCUT2D eigenvalue weighted by atomic mass is 9.95. The Morgan fingerprint density at radius 1 is 1.12 bits per heavy atom. The van der Waals surface area contributed by atoms with Crippen molar-refractivity contribution in [1.29, 1.82) is 0 Å². The van der Waals surface area contributed by atoms with Crippen LogP contribution in [-0.4, -0.2) is 50.3 Å². The average molecular weight is 453 g/mol. The predicted molar refractivity (Wildman–Crippen MR) is 123 cm³/mol. The Balaban J connectivity index is 1.25. The van der Waals surface area contributed by atoms with E-state index in [0.29, 0.717) is 54.6 Å². The summed E-state index contributed by atoms with van der Waals surface area (Å²) in [6.07, 6.45) is 3.74. The van der Waals surface area contributed by atoms with Crippen molar-refractivity contribution in [2.45, 2.75) is 19.3 Å². The number of fused-ring (bicyclic) bond motifs is 1. The Morgan fingerprint density at radius 3 is 2.67 bits per heavy atom. The van der Waals surface area contributed by atoms with Gasteiger partial charge in [-0.05, 0) is 49.1 Å². The van der Waals surface area contributed by atoms with E-state index in [4.69, 9.17) is 18.9 Å². The van der Waals surface area contributed by atoms with Gasteiger partial charge in [-0.3, -0.25) is 9.59 Å². The fourth-order valence-electron chi connectivity index (χ4n) is 3.97. The molecule has 0 aromatic heterocycles. The maximum atomic E-state index is 12.7. The lowest BCUT2D eigenvalue weighted by Crippen LogP contribution is -2.43. The Morgan fingerprint density at radius 2 is 1.91 bits per heavy atom. The van der Waals surface area contributed by atoms with Crippen LogP contribution in [0.15, 0.2) is 49.1 Å². The molecule has 2 heterocycles. The molecule has 0 atom stereocenters. The smallest absolute Gasteiger partial charge is 0.260 e. The summed E-state index contributed by atoms with van der Waals surface area (Å²) < 4.78 is 21.7. The van der Waals surface area contributed by atoms with Crippen molar-refractivity contribution in [1.82, 2.24) is 4.90 Å². The highest BCUT2D eigenvalue weighted by Gasteiger charge is 2.28. The predicted octanol–water partition coefficient (Wildman–Crippen LogP) is 3.41. The lowest BCUT2D eigenvalue weighted by molar-refractivity contribution is -0.136. The minimum Gasteiger partial charge on any atom is -0.493 e. The van der Waals surface area contributed by atoms with E-state index >= 15 is 0 Å². The molecule has 1 saturated heterocycles. The van der Waals surface area contributed by atoms with Crippen LogP contribution >= 0.6 is 0 Å². The van der Waals surface area contributed by atoms with E-state index in [1.54, 1.807) is 36.3 Å². The second-order valence-corrected chi connectivity index (χ2v) is 7.98. The van der Waals surface area contributed by atoms with Crippen LogP contribution in [-0.2, 0) is 16.0 Å². The number of nitrogens with zero attached hydrogens (tertiary/aromatic N) is 1. The topological polar surface area (TPSA) is 86.3 Å². The first-order valence-corrected chi connectivity index (χ1v) is 11.0. The number of methoxy groups -OCH3 is 1. The Kier molecular flexibility index (Phi) is 7.02. The van der Waals surface area contributed by atoms with Gasteiger partial charge in [0.15, 0.2) is 29.6 Å². The van der Waals surface area contributed by atoms with Crippen LogP contribution < -0.4 is 24.3 Å². The van der Waals surface area contributed by atoms with Crippen LogP contribution in [0.2, 0.25) is 0 Å².